The number of pyridine rings is 1. The van der Waals surface area contributed by atoms with Crippen LogP contribution in [0.5, 0.6) is 0 Å². The molecule has 0 spiro atoms. The first-order valence-corrected chi connectivity index (χ1v) is 7.30. The Kier molecular flexibility index (Phi) is 3.87. The number of benzene rings is 1. The Morgan fingerprint density at radius 3 is 2.43 bits per heavy atom. The van der Waals surface area contributed by atoms with E-state index in [1.807, 2.05) is 24.4 Å². The second-order valence-corrected chi connectivity index (χ2v) is 5.41. The smallest absolute Gasteiger partial charge is 0.227 e. The van der Waals surface area contributed by atoms with Crippen LogP contribution < -0.4 is 5.46 Å². The lowest BCUT2D eigenvalue weighted by Gasteiger charge is -2.12. The van der Waals surface area contributed by atoms with Crippen LogP contribution in [0.3, 0.4) is 0 Å². The van der Waals surface area contributed by atoms with E-state index < -0.39 is 0 Å². The van der Waals surface area contributed by atoms with Crippen molar-refractivity contribution in [3.8, 4) is 0 Å². The predicted molar refractivity (Wildman–Crippen MR) is 91.8 cm³/mol. The minimum Gasteiger partial charge on any atom is -0.256 e. The average molecular weight is 271 g/mol. The van der Waals surface area contributed by atoms with Gasteiger partial charge in [-0.25, -0.2) is 0 Å². The Bertz CT molecular complexity index is 706. The van der Waals surface area contributed by atoms with Gasteiger partial charge in [0.05, 0.1) is 5.69 Å². The molecule has 0 N–H and O–H groups in total. The SMILES string of the molecule is Cc1cccc(C)c1B1C=CC=C(c2ccccn2)C=C1. The van der Waals surface area contributed by atoms with Crippen LogP contribution in [-0.4, -0.2) is 11.7 Å². The summed E-state index contributed by atoms with van der Waals surface area (Å²) in [6.07, 6.45) is 8.29. The van der Waals surface area contributed by atoms with Crippen molar-refractivity contribution in [1.29, 1.82) is 0 Å². The van der Waals surface area contributed by atoms with Gasteiger partial charge in [-0.05, 0) is 31.6 Å². The number of nitrogens with zero attached hydrogens (tertiary/aromatic N) is 1. The fourth-order valence-corrected chi connectivity index (χ4v) is 2.86. The summed E-state index contributed by atoms with van der Waals surface area (Å²) in [5.41, 5.74) is 6.26. The number of hydrogen-bond donors (Lipinski definition) is 0. The highest BCUT2D eigenvalue weighted by Crippen LogP contribution is 2.16. The summed E-state index contributed by atoms with van der Waals surface area (Å²) in [4.78, 5) is 4.42. The Balaban J connectivity index is 1.94. The Labute approximate surface area is 126 Å². The molecule has 1 aliphatic heterocycles. The molecule has 0 aliphatic carbocycles. The normalized spacial score (nSPS) is 14.0. The Morgan fingerprint density at radius 2 is 1.71 bits per heavy atom. The third kappa shape index (κ3) is 2.90. The summed E-state index contributed by atoms with van der Waals surface area (Å²) in [7, 11) is 0. The zero-order chi connectivity index (χ0) is 14.7. The molecular formula is C19H18BN. The van der Waals surface area contributed by atoms with E-state index in [1.165, 1.54) is 16.6 Å². The highest BCUT2D eigenvalue weighted by Gasteiger charge is 2.15. The molecule has 0 fully saturated rings. The van der Waals surface area contributed by atoms with Crippen LogP contribution >= 0.6 is 0 Å². The zero-order valence-corrected chi connectivity index (χ0v) is 12.5. The maximum atomic E-state index is 4.42. The lowest BCUT2D eigenvalue weighted by molar-refractivity contribution is 1.28. The van der Waals surface area contributed by atoms with Crippen LogP contribution in [0, 0.1) is 13.8 Å². The van der Waals surface area contributed by atoms with E-state index in [2.05, 4.69) is 67.2 Å². The van der Waals surface area contributed by atoms with Gasteiger partial charge in [0.25, 0.3) is 0 Å². The van der Waals surface area contributed by atoms with Crippen LogP contribution in [0.2, 0.25) is 0 Å². The monoisotopic (exact) mass is 271 g/mol. The van der Waals surface area contributed by atoms with E-state index in [1.54, 1.807) is 0 Å². The first kappa shape index (κ1) is 13.6. The van der Waals surface area contributed by atoms with E-state index in [4.69, 9.17) is 0 Å². The maximum absolute atomic E-state index is 4.42. The van der Waals surface area contributed by atoms with Gasteiger partial charge in [-0.2, -0.15) is 0 Å². The first-order chi connectivity index (χ1) is 10.3. The number of aromatic nitrogens is 1. The van der Waals surface area contributed by atoms with E-state index >= 15 is 0 Å². The van der Waals surface area contributed by atoms with Crippen LogP contribution in [-0.2, 0) is 0 Å². The molecule has 2 aromatic rings. The van der Waals surface area contributed by atoms with Crippen LogP contribution in [0.25, 0.3) is 5.57 Å². The fraction of sp³-hybridized carbons (Fsp3) is 0.105. The van der Waals surface area contributed by atoms with Gasteiger partial charge in [-0.15, -0.1) is 12.0 Å². The van der Waals surface area contributed by atoms with E-state index in [9.17, 15) is 0 Å². The minimum atomic E-state index is 0.323. The molecule has 3 rings (SSSR count). The minimum absolute atomic E-state index is 0.323. The molecule has 2 heterocycles. The van der Waals surface area contributed by atoms with Crippen molar-refractivity contribution in [2.45, 2.75) is 13.8 Å². The standard InChI is InChI=1S/C19H18BN/c1-15-7-5-8-16(2)19(15)20-12-6-9-17(11-13-20)18-10-3-4-14-21-18/h3-14H,1-2H3. The number of aryl methyl sites for hydroxylation is 2. The largest absolute Gasteiger partial charge is 0.256 e. The number of rotatable bonds is 2. The van der Waals surface area contributed by atoms with Gasteiger partial charge in [-0.3, -0.25) is 4.98 Å². The van der Waals surface area contributed by atoms with Gasteiger partial charge in [0.15, 0.2) is 0 Å². The Morgan fingerprint density at radius 1 is 0.905 bits per heavy atom. The molecule has 1 aliphatic rings. The van der Waals surface area contributed by atoms with Gasteiger partial charge in [0.2, 0.25) is 6.71 Å². The van der Waals surface area contributed by atoms with Crippen molar-refractivity contribution in [3.63, 3.8) is 0 Å². The summed E-state index contributed by atoms with van der Waals surface area (Å²) in [6.45, 7) is 4.69. The second kappa shape index (κ2) is 5.96. The molecule has 0 amide bonds. The van der Waals surface area contributed by atoms with Crippen LogP contribution in [0.1, 0.15) is 16.8 Å². The molecule has 0 atom stereocenters. The number of allylic oxidation sites excluding steroid dienone is 4. The second-order valence-electron chi connectivity index (χ2n) is 5.41. The van der Waals surface area contributed by atoms with Crippen molar-refractivity contribution in [2.24, 2.45) is 0 Å². The van der Waals surface area contributed by atoms with E-state index in [-0.39, 0.29) is 0 Å². The summed E-state index contributed by atoms with van der Waals surface area (Å²) in [5.74, 6) is 4.52. The molecule has 1 aromatic carbocycles. The highest BCUT2D eigenvalue weighted by molar-refractivity contribution is 6.83. The van der Waals surface area contributed by atoms with E-state index in [0.29, 0.717) is 6.71 Å². The molecule has 0 unspecified atom stereocenters. The lowest BCUT2D eigenvalue weighted by atomic mass is 9.43. The van der Waals surface area contributed by atoms with Crippen LogP contribution in [0.4, 0.5) is 0 Å². The van der Waals surface area contributed by atoms with E-state index in [0.717, 1.165) is 11.3 Å². The molecule has 1 nitrogen and oxygen atoms in total. The van der Waals surface area contributed by atoms with Gasteiger partial charge < -0.3 is 0 Å². The molecule has 0 bridgehead atoms. The topological polar surface area (TPSA) is 12.9 Å². The van der Waals surface area contributed by atoms with Gasteiger partial charge in [-0.1, -0.05) is 59.1 Å². The van der Waals surface area contributed by atoms with Gasteiger partial charge in [0, 0.05) is 6.20 Å². The van der Waals surface area contributed by atoms with Crippen molar-refractivity contribution >= 4 is 17.7 Å². The zero-order valence-electron chi connectivity index (χ0n) is 12.5. The molecule has 102 valence electrons. The third-order valence-electron chi connectivity index (χ3n) is 3.91. The maximum Gasteiger partial charge on any atom is 0.227 e. The fourth-order valence-electron chi connectivity index (χ4n) is 2.86. The van der Waals surface area contributed by atoms with Gasteiger partial charge in [0.1, 0.15) is 0 Å². The molecule has 1 aromatic heterocycles. The third-order valence-corrected chi connectivity index (χ3v) is 3.91. The summed E-state index contributed by atoms with van der Waals surface area (Å²) in [5, 5.41) is 0. The quantitative estimate of drug-likeness (QED) is 0.759. The molecule has 2 heteroatoms. The molecular weight excluding hydrogens is 253 g/mol. The first-order valence-electron chi connectivity index (χ1n) is 7.30. The summed E-state index contributed by atoms with van der Waals surface area (Å²) >= 11 is 0. The lowest BCUT2D eigenvalue weighted by Crippen LogP contribution is -2.31. The van der Waals surface area contributed by atoms with Crippen LogP contribution in [0.15, 0.2) is 72.8 Å². The Hall–Kier alpha value is -2.35. The van der Waals surface area contributed by atoms with Crippen molar-refractivity contribution in [2.75, 3.05) is 0 Å². The molecule has 0 saturated carbocycles. The van der Waals surface area contributed by atoms with Crippen molar-refractivity contribution in [1.82, 2.24) is 4.98 Å². The van der Waals surface area contributed by atoms with Crippen molar-refractivity contribution < 1.29 is 0 Å². The summed E-state index contributed by atoms with van der Waals surface area (Å²) in [6, 6.07) is 12.5. The number of hydrogen-bond acceptors (Lipinski definition) is 1. The predicted octanol–water partition coefficient (Wildman–Crippen LogP) is 3.69. The highest BCUT2D eigenvalue weighted by atomic mass is 14.7. The molecule has 0 radical (unpaired) electrons. The molecule has 21 heavy (non-hydrogen) atoms. The van der Waals surface area contributed by atoms with Gasteiger partial charge >= 0.3 is 0 Å². The van der Waals surface area contributed by atoms with Crippen molar-refractivity contribution in [3.05, 3.63) is 89.6 Å². The molecule has 0 saturated heterocycles. The average Bonchev–Trinajstić information content (AvgIpc) is 2.74. The summed E-state index contributed by atoms with van der Waals surface area (Å²) < 4.78 is 0.